The molecule has 0 saturated heterocycles. The van der Waals surface area contributed by atoms with Crippen LogP contribution >= 0.6 is 0 Å². The number of hydrogen-bond donors (Lipinski definition) is 1. The van der Waals surface area contributed by atoms with Gasteiger partial charge in [0.05, 0.1) is 6.21 Å². The number of ether oxygens (including phenoxy) is 1. The second kappa shape index (κ2) is 7.45. The molecule has 1 aromatic carbocycles. The quantitative estimate of drug-likeness (QED) is 0.658. The summed E-state index contributed by atoms with van der Waals surface area (Å²) < 4.78 is 10.7. The van der Waals surface area contributed by atoms with Crippen LogP contribution in [0.4, 0.5) is 0 Å². The lowest BCUT2D eigenvalue weighted by molar-refractivity contribution is -0.123. The van der Waals surface area contributed by atoms with Crippen molar-refractivity contribution in [1.82, 2.24) is 5.43 Å². The number of benzene rings is 1. The zero-order chi connectivity index (χ0) is 15.9. The van der Waals surface area contributed by atoms with Gasteiger partial charge >= 0.3 is 0 Å². The first-order valence-corrected chi connectivity index (χ1v) is 7.15. The summed E-state index contributed by atoms with van der Waals surface area (Å²) in [7, 11) is 0. The van der Waals surface area contributed by atoms with Crippen molar-refractivity contribution in [2.24, 2.45) is 5.10 Å². The number of rotatable bonds is 6. The SMILES string of the molecule is Cc1ccc(/C=N\NC(=O)COc2ccc(C(C)C)cc2)o1. The Hall–Kier alpha value is -2.56. The molecular weight excluding hydrogens is 280 g/mol. The molecule has 22 heavy (non-hydrogen) atoms. The smallest absolute Gasteiger partial charge is 0.277 e. The molecule has 0 saturated carbocycles. The Morgan fingerprint density at radius 2 is 2.00 bits per heavy atom. The van der Waals surface area contributed by atoms with Crippen LogP contribution in [0, 0.1) is 6.92 Å². The molecule has 1 aromatic heterocycles. The lowest BCUT2D eigenvalue weighted by atomic mass is 10.0. The molecular formula is C17H20N2O3. The van der Waals surface area contributed by atoms with E-state index < -0.39 is 0 Å². The van der Waals surface area contributed by atoms with E-state index >= 15 is 0 Å². The van der Waals surface area contributed by atoms with E-state index in [-0.39, 0.29) is 12.5 Å². The molecule has 1 heterocycles. The Balaban J connectivity index is 1.76. The monoisotopic (exact) mass is 300 g/mol. The predicted octanol–water partition coefficient (Wildman–Crippen LogP) is 3.24. The van der Waals surface area contributed by atoms with Gasteiger partial charge in [-0.25, -0.2) is 5.43 Å². The number of nitrogens with zero attached hydrogens (tertiary/aromatic N) is 1. The topological polar surface area (TPSA) is 63.8 Å². The van der Waals surface area contributed by atoms with Crippen molar-refractivity contribution in [3.8, 4) is 5.75 Å². The minimum absolute atomic E-state index is 0.0878. The fourth-order valence-corrected chi connectivity index (χ4v) is 1.82. The Labute approximate surface area is 130 Å². The molecule has 5 nitrogen and oxygen atoms in total. The number of hydrogen-bond acceptors (Lipinski definition) is 4. The molecule has 0 aliphatic carbocycles. The number of carbonyl (C=O) groups is 1. The largest absolute Gasteiger partial charge is 0.484 e. The molecule has 1 amide bonds. The van der Waals surface area contributed by atoms with Crippen molar-refractivity contribution in [3.63, 3.8) is 0 Å². The van der Waals surface area contributed by atoms with Gasteiger partial charge in [-0.05, 0) is 42.7 Å². The van der Waals surface area contributed by atoms with Gasteiger partial charge in [-0.15, -0.1) is 0 Å². The second-order valence-corrected chi connectivity index (χ2v) is 5.25. The van der Waals surface area contributed by atoms with Gasteiger partial charge in [0.15, 0.2) is 6.61 Å². The van der Waals surface area contributed by atoms with Crippen LogP contribution in [0.25, 0.3) is 0 Å². The van der Waals surface area contributed by atoms with Crippen LogP contribution in [0.1, 0.15) is 36.8 Å². The number of furan rings is 1. The van der Waals surface area contributed by atoms with Crippen molar-refractivity contribution in [2.45, 2.75) is 26.7 Å². The molecule has 116 valence electrons. The maximum atomic E-state index is 11.6. The van der Waals surface area contributed by atoms with Gasteiger partial charge in [0.1, 0.15) is 17.3 Å². The van der Waals surface area contributed by atoms with Crippen LogP contribution in [0.3, 0.4) is 0 Å². The summed E-state index contributed by atoms with van der Waals surface area (Å²) in [6.45, 7) is 6.01. The fourth-order valence-electron chi connectivity index (χ4n) is 1.82. The Morgan fingerprint density at radius 3 is 2.59 bits per heavy atom. The lowest BCUT2D eigenvalue weighted by Crippen LogP contribution is -2.24. The molecule has 0 fully saturated rings. The summed E-state index contributed by atoms with van der Waals surface area (Å²) in [4.78, 5) is 11.6. The van der Waals surface area contributed by atoms with Crippen molar-refractivity contribution >= 4 is 12.1 Å². The van der Waals surface area contributed by atoms with Crippen LogP contribution in [0.5, 0.6) is 5.75 Å². The highest BCUT2D eigenvalue weighted by Gasteiger charge is 2.03. The Morgan fingerprint density at radius 1 is 1.27 bits per heavy atom. The first-order chi connectivity index (χ1) is 10.5. The first kappa shape index (κ1) is 15.8. The van der Waals surface area contributed by atoms with E-state index in [0.29, 0.717) is 17.4 Å². The Bertz CT molecular complexity index is 642. The van der Waals surface area contributed by atoms with Gasteiger partial charge in [0.2, 0.25) is 0 Å². The van der Waals surface area contributed by atoms with Gasteiger partial charge in [0.25, 0.3) is 5.91 Å². The highest BCUT2D eigenvalue weighted by molar-refractivity contribution is 5.81. The molecule has 0 spiro atoms. The van der Waals surface area contributed by atoms with E-state index in [9.17, 15) is 4.79 Å². The number of aryl methyl sites for hydroxylation is 1. The van der Waals surface area contributed by atoms with Crippen LogP contribution in [0.15, 0.2) is 45.9 Å². The highest BCUT2D eigenvalue weighted by atomic mass is 16.5. The maximum Gasteiger partial charge on any atom is 0.277 e. The zero-order valence-corrected chi connectivity index (χ0v) is 13.0. The zero-order valence-electron chi connectivity index (χ0n) is 13.0. The van der Waals surface area contributed by atoms with Gasteiger partial charge in [0, 0.05) is 0 Å². The van der Waals surface area contributed by atoms with E-state index in [1.807, 2.05) is 37.3 Å². The summed E-state index contributed by atoms with van der Waals surface area (Å²) in [5.41, 5.74) is 3.62. The summed E-state index contributed by atoms with van der Waals surface area (Å²) in [6.07, 6.45) is 1.45. The van der Waals surface area contributed by atoms with E-state index in [1.54, 1.807) is 6.07 Å². The summed E-state index contributed by atoms with van der Waals surface area (Å²) >= 11 is 0. The third-order valence-electron chi connectivity index (χ3n) is 3.06. The van der Waals surface area contributed by atoms with E-state index in [4.69, 9.17) is 9.15 Å². The standard InChI is InChI=1S/C17H20N2O3/c1-12(2)14-5-8-15(9-6-14)21-11-17(20)19-18-10-16-7-4-13(3)22-16/h4-10,12H,11H2,1-3H3,(H,19,20)/b18-10-. The summed E-state index contributed by atoms with van der Waals surface area (Å²) in [5, 5.41) is 3.81. The molecule has 0 aliphatic heterocycles. The van der Waals surface area contributed by atoms with Crippen molar-refractivity contribution in [2.75, 3.05) is 6.61 Å². The third-order valence-corrected chi connectivity index (χ3v) is 3.06. The average Bonchev–Trinajstić information content (AvgIpc) is 2.91. The van der Waals surface area contributed by atoms with Gasteiger partial charge in [-0.2, -0.15) is 5.10 Å². The molecule has 2 rings (SSSR count). The molecule has 1 N–H and O–H groups in total. The normalized spacial score (nSPS) is 11.1. The minimum Gasteiger partial charge on any atom is -0.484 e. The van der Waals surface area contributed by atoms with Gasteiger partial charge in [-0.1, -0.05) is 26.0 Å². The van der Waals surface area contributed by atoms with Crippen molar-refractivity contribution in [3.05, 3.63) is 53.5 Å². The summed E-state index contributed by atoms with van der Waals surface area (Å²) in [6, 6.07) is 11.3. The number of hydrazone groups is 1. The van der Waals surface area contributed by atoms with E-state index in [1.165, 1.54) is 11.8 Å². The highest BCUT2D eigenvalue weighted by Crippen LogP contribution is 2.18. The fraction of sp³-hybridized carbons (Fsp3) is 0.294. The molecule has 0 radical (unpaired) electrons. The minimum atomic E-state index is -0.326. The van der Waals surface area contributed by atoms with Gasteiger partial charge < -0.3 is 9.15 Å². The predicted molar refractivity (Wildman–Crippen MR) is 85.2 cm³/mol. The molecule has 0 atom stereocenters. The van der Waals surface area contributed by atoms with Crippen LogP contribution in [0.2, 0.25) is 0 Å². The maximum absolute atomic E-state index is 11.6. The first-order valence-electron chi connectivity index (χ1n) is 7.15. The second-order valence-electron chi connectivity index (χ2n) is 5.25. The molecule has 5 heteroatoms. The molecule has 2 aromatic rings. The lowest BCUT2D eigenvalue weighted by Gasteiger charge is -2.08. The third kappa shape index (κ3) is 4.77. The Kier molecular flexibility index (Phi) is 5.36. The average molecular weight is 300 g/mol. The number of amides is 1. The van der Waals surface area contributed by atoms with Gasteiger partial charge in [-0.3, -0.25) is 4.79 Å². The summed E-state index contributed by atoms with van der Waals surface area (Å²) in [5.74, 6) is 2.18. The molecule has 0 unspecified atom stereocenters. The number of carbonyl (C=O) groups excluding carboxylic acids is 1. The van der Waals surface area contributed by atoms with Crippen molar-refractivity contribution < 1.29 is 13.9 Å². The molecule has 0 bridgehead atoms. The molecule has 0 aliphatic rings. The van der Waals surface area contributed by atoms with Crippen LogP contribution in [-0.4, -0.2) is 18.7 Å². The van der Waals surface area contributed by atoms with Crippen molar-refractivity contribution in [1.29, 1.82) is 0 Å². The van der Waals surface area contributed by atoms with Crippen LogP contribution < -0.4 is 10.2 Å². The van der Waals surface area contributed by atoms with E-state index in [0.717, 1.165) is 5.76 Å². The van der Waals surface area contributed by atoms with Crippen LogP contribution in [-0.2, 0) is 4.79 Å². The van der Waals surface area contributed by atoms with E-state index in [2.05, 4.69) is 24.4 Å². The number of nitrogens with one attached hydrogen (secondary N) is 1.